The van der Waals surface area contributed by atoms with Crippen LogP contribution in [-0.2, 0) is 9.53 Å². The maximum Gasteiger partial charge on any atom is 0.317 e. The van der Waals surface area contributed by atoms with Crippen molar-refractivity contribution in [1.82, 2.24) is 0 Å². The molecule has 1 saturated carbocycles. The number of hydrogen-bond acceptors (Lipinski definition) is 3. The van der Waals surface area contributed by atoms with Gasteiger partial charge < -0.3 is 4.74 Å². The minimum Gasteiger partial charge on any atom is -0.468 e. The number of halogens is 1. The van der Waals surface area contributed by atoms with Crippen molar-refractivity contribution in [2.75, 3.05) is 7.11 Å². The maximum atomic E-state index is 14.2. The van der Waals surface area contributed by atoms with E-state index in [4.69, 9.17) is 16.3 Å². The van der Waals surface area contributed by atoms with Crippen LogP contribution in [0.25, 0.3) is 6.08 Å². The highest BCUT2D eigenvalue weighted by atomic mass is 35.5. The molecule has 0 aliphatic heterocycles. The fraction of sp³-hybridized carbons (Fsp3) is 0.143. The topological polar surface area (TPSA) is 43.4 Å². The Labute approximate surface area is 192 Å². The van der Waals surface area contributed by atoms with Gasteiger partial charge in [0, 0.05) is 16.5 Å². The van der Waals surface area contributed by atoms with E-state index < -0.39 is 16.8 Å². The van der Waals surface area contributed by atoms with Gasteiger partial charge in [-0.2, -0.15) is 0 Å². The largest absolute Gasteiger partial charge is 0.468 e. The van der Waals surface area contributed by atoms with Crippen molar-refractivity contribution < 1.29 is 14.3 Å². The first-order valence-corrected chi connectivity index (χ1v) is 10.8. The Morgan fingerprint density at radius 3 is 2.16 bits per heavy atom. The van der Waals surface area contributed by atoms with Crippen molar-refractivity contribution >= 4 is 29.4 Å². The molecule has 3 nitrogen and oxygen atoms in total. The fourth-order valence-corrected chi connectivity index (χ4v) is 5.45. The van der Waals surface area contributed by atoms with Gasteiger partial charge in [-0.05, 0) is 28.8 Å². The van der Waals surface area contributed by atoms with Gasteiger partial charge in [0.05, 0.1) is 12.5 Å². The second kappa shape index (κ2) is 7.61. The van der Waals surface area contributed by atoms with Crippen LogP contribution in [0.5, 0.6) is 0 Å². The molecule has 0 aromatic heterocycles. The smallest absolute Gasteiger partial charge is 0.317 e. The molecular formula is C28H21ClO3. The van der Waals surface area contributed by atoms with Crippen molar-refractivity contribution in [3.8, 4) is 0 Å². The number of allylic oxidation sites excluding steroid dienone is 2. The first-order chi connectivity index (χ1) is 15.6. The molecule has 0 heterocycles. The number of ketones is 1. The molecule has 158 valence electrons. The van der Waals surface area contributed by atoms with Gasteiger partial charge in [0.2, 0.25) is 0 Å². The number of hydrogen-bond donors (Lipinski definition) is 0. The van der Waals surface area contributed by atoms with Crippen LogP contribution in [0, 0.1) is 10.8 Å². The number of Topliss-reactive ketones (excluding diaryl/α,β-unsaturated/α-hetero) is 1. The van der Waals surface area contributed by atoms with E-state index in [0.29, 0.717) is 10.6 Å². The summed E-state index contributed by atoms with van der Waals surface area (Å²) in [4.78, 5) is 27.5. The summed E-state index contributed by atoms with van der Waals surface area (Å²) < 4.78 is 5.27. The molecule has 0 radical (unpaired) electrons. The number of esters is 1. The minimum absolute atomic E-state index is 0.0874. The Morgan fingerprint density at radius 2 is 1.53 bits per heavy atom. The summed E-state index contributed by atoms with van der Waals surface area (Å²) >= 11 is 6.13. The lowest BCUT2D eigenvalue weighted by Crippen LogP contribution is -2.28. The van der Waals surface area contributed by atoms with Crippen molar-refractivity contribution in [3.63, 3.8) is 0 Å². The van der Waals surface area contributed by atoms with E-state index in [1.807, 2.05) is 78.9 Å². The lowest BCUT2D eigenvalue weighted by atomic mass is 9.82. The van der Waals surface area contributed by atoms with Gasteiger partial charge >= 0.3 is 5.97 Å². The Morgan fingerprint density at radius 1 is 0.906 bits per heavy atom. The molecule has 3 aromatic carbocycles. The SMILES string of the molecule is COC(=O)[C@]12C=C/C(=C/c3ccccc3)[C@@]1(C(=O)c1ccccc1)[C@H]2c1ccc(Cl)cc1. The number of fused-ring (bicyclic) bond motifs is 1. The van der Waals surface area contributed by atoms with Crippen LogP contribution in [0.3, 0.4) is 0 Å². The van der Waals surface area contributed by atoms with E-state index in [1.165, 1.54) is 7.11 Å². The maximum absolute atomic E-state index is 14.2. The molecule has 0 unspecified atom stereocenters. The van der Waals surface area contributed by atoms with Gasteiger partial charge in [0.1, 0.15) is 5.41 Å². The Bertz CT molecular complexity index is 1240. The molecule has 0 spiro atoms. The first kappa shape index (κ1) is 20.5. The predicted octanol–water partition coefficient (Wildman–Crippen LogP) is 6.12. The molecule has 32 heavy (non-hydrogen) atoms. The van der Waals surface area contributed by atoms with Crippen LogP contribution in [0.15, 0.2) is 103 Å². The molecule has 0 amide bonds. The highest BCUT2D eigenvalue weighted by Gasteiger charge is 2.86. The summed E-state index contributed by atoms with van der Waals surface area (Å²) in [5.41, 5.74) is 1.05. The number of rotatable bonds is 5. The van der Waals surface area contributed by atoms with Crippen LogP contribution >= 0.6 is 11.6 Å². The van der Waals surface area contributed by atoms with Gasteiger partial charge in [-0.25, -0.2) is 0 Å². The predicted molar refractivity (Wildman–Crippen MR) is 125 cm³/mol. The summed E-state index contributed by atoms with van der Waals surface area (Å²) in [7, 11) is 1.37. The monoisotopic (exact) mass is 440 g/mol. The van der Waals surface area contributed by atoms with E-state index in [2.05, 4.69) is 0 Å². The summed E-state index contributed by atoms with van der Waals surface area (Å²) in [6, 6.07) is 26.3. The summed E-state index contributed by atoms with van der Waals surface area (Å²) in [5, 5.41) is 0.603. The zero-order valence-electron chi connectivity index (χ0n) is 17.5. The zero-order valence-corrected chi connectivity index (χ0v) is 18.3. The Hall–Kier alpha value is -3.43. The normalized spacial score (nSPS) is 26.6. The highest BCUT2D eigenvalue weighted by Crippen LogP contribution is 2.82. The molecular weight excluding hydrogens is 420 g/mol. The molecule has 2 aliphatic carbocycles. The molecule has 0 bridgehead atoms. The average molecular weight is 441 g/mol. The van der Waals surface area contributed by atoms with E-state index in [1.54, 1.807) is 24.3 Å². The Kier molecular flexibility index (Phi) is 4.87. The molecule has 4 heteroatoms. The van der Waals surface area contributed by atoms with E-state index in [9.17, 15) is 9.59 Å². The zero-order chi connectivity index (χ0) is 22.3. The lowest BCUT2D eigenvalue weighted by molar-refractivity contribution is -0.146. The van der Waals surface area contributed by atoms with Gasteiger partial charge in [-0.1, -0.05) is 103 Å². The van der Waals surface area contributed by atoms with Crippen LogP contribution in [-0.4, -0.2) is 18.9 Å². The molecule has 3 atom stereocenters. The molecule has 0 N–H and O–H groups in total. The molecule has 1 fully saturated rings. The summed E-state index contributed by atoms with van der Waals surface area (Å²) in [6.45, 7) is 0. The fourth-order valence-electron chi connectivity index (χ4n) is 5.32. The van der Waals surface area contributed by atoms with Gasteiger partial charge in [0.25, 0.3) is 0 Å². The Balaban J connectivity index is 1.75. The molecule has 0 saturated heterocycles. The second-order valence-electron chi connectivity index (χ2n) is 8.19. The third kappa shape index (κ3) is 2.74. The molecule has 5 rings (SSSR count). The third-order valence-electron chi connectivity index (χ3n) is 6.68. The van der Waals surface area contributed by atoms with Gasteiger partial charge in [0.15, 0.2) is 5.78 Å². The van der Waals surface area contributed by atoms with Crippen LogP contribution in [0.4, 0.5) is 0 Å². The average Bonchev–Trinajstić information content (AvgIpc) is 3.34. The highest BCUT2D eigenvalue weighted by molar-refractivity contribution is 6.30. The number of ether oxygens (including phenoxy) is 1. The van der Waals surface area contributed by atoms with E-state index >= 15 is 0 Å². The lowest BCUT2D eigenvalue weighted by Gasteiger charge is -2.19. The first-order valence-electron chi connectivity index (χ1n) is 10.5. The van der Waals surface area contributed by atoms with Crippen molar-refractivity contribution in [1.29, 1.82) is 0 Å². The van der Waals surface area contributed by atoms with E-state index in [0.717, 1.165) is 16.7 Å². The second-order valence-corrected chi connectivity index (χ2v) is 8.63. The van der Waals surface area contributed by atoms with Gasteiger partial charge in [-0.15, -0.1) is 0 Å². The van der Waals surface area contributed by atoms with Gasteiger partial charge in [-0.3, -0.25) is 9.59 Å². The van der Waals surface area contributed by atoms with Crippen LogP contribution in [0.1, 0.15) is 27.4 Å². The molecule has 3 aromatic rings. The number of methoxy groups -OCH3 is 1. The number of carbonyl (C=O) groups is 2. The number of benzene rings is 3. The molecule has 2 aliphatic rings. The quantitative estimate of drug-likeness (QED) is 0.354. The summed E-state index contributed by atoms with van der Waals surface area (Å²) in [6.07, 6.45) is 5.75. The van der Waals surface area contributed by atoms with Crippen molar-refractivity contribution in [2.24, 2.45) is 10.8 Å². The minimum atomic E-state index is -1.09. The number of carbonyl (C=O) groups excluding carboxylic acids is 2. The standard InChI is InChI=1S/C28H21ClO3/c1-32-26(31)27-17-16-22(18-19-8-4-2-5-9-19)28(27,25(30)21-10-6-3-7-11-21)24(27)20-12-14-23(29)15-13-20/h2-18,24H,1H3/b22-18-/t24-,27+,28-/m0/s1. The van der Waals surface area contributed by atoms with Crippen molar-refractivity contribution in [3.05, 3.63) is 124 Å². The van der Waals surface area contributed by atoms with Crippen LogP contribution < -0.4 is 0 Å². The van der Waals surface area contributed by atoms with E-state index in [-0.39, 0.29) is 11.7 Å². The van der Waals surface area contributed by atoms with Crippen LogP contribution in [0.2, 0.25) is 5.02 Å². The summed E-state index contributed by atoms with van der Waals surface area (Å²) in [5.74, 6) is -0.877. The van der Waals surface area contributed by atoms with Crippen molar-refractivity contribution in [2.45, 2.75) is 5.92 Å². The third-order valence-corrected chi connectivity index (χ3v) is 6.93.